The first-order valence-electron chi connectivity index (χ1n) is 10.0. The summed E-state index contributed by atoms with van der Waals surface area (Å²) in [4.78, 5) is 23.8. The number of aryl methyl sites for hydroxylation is 2. The lowest BCUT2D eigenvalue weighted by molar-refractivity contribution is -0.131. The SMILES string of the molecule is Cc1c(CN2CCCc3cccc(n3)N(C)CCCN(C)C(=O)C2)cnn1C. The molecule has 1 aliphatic heterocycles. The fraction of sp³-hybridized carbons (Fsp3) is 0.571. The van der Waals surface area contributed by atoms with Crippen molar-refractivity contribution in [2.45, 2.75) is 32.7 Å². The van der Waals surface area contributed by atoms with Gasteiger partial charge in [-0.1, -0.05) is 6.07 Å². The Bertz CT molecular complexity index is 802. The molecule has 3 rings (SSSR count). The molecular formula is C21H32N6O. The molecule has 1 aliphatic rings. The molecule has 0 saturated heterocycles. The number of likely N-dealkylation sites (N-methyl/N-ethyl adjacent to an activating group) is 1. The third-order valence-corrected chi connectivity index (χ3v) is 5.59. The van der Waals surface area contributed by atoms with Crippen LogP contribution in [0.2, 0.25) is 0 Å². The lowest BCUT2D eigenvalue weighted by atomic mass is 10.2. The van der Waals surface area contributed by atoms with Gasteiger partial charge in [0, 0.05) is 57.7 Å². The van der Waals surface area contributed by atoms with Gasteiger partial charge < -0.3 is 9.80 Å². The Morgan fingerprint density at radius 3 is 2.57 bits per heavy atom. The van der Waals surface area contributed by atoms with Crippen molar-refractivity contribution >= 4 is 11.7 Å². The van der Waals surface area contributed by atoms with E-state index in [0.29, 0.717) is 6.54 Å². The average Bonchev–Trinajstić information content (AvgIpc) is 2.99. The van der Waals surface area contributed by atoms with Gasteiger partial charge >= 0.3 is 0 Å². The van der Waals surface area contributed by atoms with Crippen LogP contribution in [0.4, 0.5) is 5.82 Å². The molecule has 0 unspecified atom stereocenters. The molecule has 0 N–H and O–H groups in total. The summed E-state index contributed by atoms with van der Waals surface area (Å²) in [7, 11) is 5.93. The minimum Gasteiger partial charge on any atom is -0.360 e. The topological polar surface area (TPSA) is 57.5 Å². The second-order valence-corrected chi connectivity index (χ2v) is 7.77. The maximum absolute atomic E-state index is 12.8. The van der Waals surface area contributed by atoms with Crippen molar-refractivity contribution in [2.75, 3.05) is 45.2 Å². The van der Waals surface area contributed by atoms with Gasteiger partial charge in [0.1, 0.15) is 5.82 Å². The molecular weight excluding hydrogens is 352 g/mol. The first-order chi connectivity index (χ1) is 13.4. The van der Waals surface area contributed by atoms with Gasteiger partial charge in [0.2, 0.25) is 5.91 Å². The van der Waals surface area contributed by atoms with Crippen LogP contribution in [0.3, 0.4) is 0 Å². The van der Waals surface area contributed by atoms with E-state index in [0.717, 1.165) is 62.6 Å². The number of hydrogen-bond acceptors (Lipinski definition) is 5. The molecule has 0 fully saturated rings. The van der Waals surface area contributed by atoms with Crippen LogP contribution in [0.1, 0.15) is 29.8 Å². The third kappa shape index (κ3) is 5.10. The van der Waals surface area contributed by atoms with Crippen LogP contribution in [0, 0.1) is 6.92 Å². The fourth-order valence-corrected chi connectivity index (χ4v) is 3.55. The van der Waals surface area contributed by atoms with E-state index in [1.165, 1.54) is 5.56 Å². The van der Waals surface area contributed by atoms with Crippen LogP contribution in [0.15, 0.2) is 24.4 Å². The van der Waals surface area contributed by atoms with Crippen LogP contribution >= 0.6 is 0 Å². The van der Waals surface area contributed by atoms with E-state index in [2.05, 4.69) is 47.1 Å². The maximum Gasteiger partial charge on any atom is 0.236 e. The monoisotopic (exact) mass is 384 g/mol. The van der Waals surface area contributed by atoms with Crippen molar-refractivity contribution in [2.24, 2.45) is 7.05 Å². The molecule has 0 atom stereocenters. The largest absolute Gasteiger partial charge is 0.360 e. The number of carbonyl (C=O) groups excluding carboxylic acids is 1. The van der Waals surface area contributed by atoms with E-state index >= 15 is 0 Å². The molecule has 0 radical (unpaired) electrons. The highest BCUT2D eigenvalue weighted by atomic mass is 16.2. The molecule has 0 aliphatic carbocycles. The molecule has 7 heteroatoms. The molecule has 1 amide bonds. The van der Waals surface area contributed by atoms with E-state index in [1.54, 1.807) is 0 Å². The van der Waals surface area contributed by atoms with Crippen molar-refractivity contribution in [1.82, 2.24) is 24.6 Å². The van der Waals surface area contributed by atoms with Gasteiger partial charge in [-0.3, -0.25) is 14.4 Å². The zero-order chi connectivity index (χ0) is 20.1. The molecule has 2 aromatic heterocycles. The van der Waals surface area contributed by atoms with Gasteiger partial charge in [-0.25, -0.2) is 4.98 Å². The van der Waals surface area contributed by atoms with Crippen molar-refractivity contribution in [1.29, 1.82) is 0 Å². The van der Waals surface area contributed by atoms with Crippen LogP contribution in [-0.4, -0.2) is 70.7 Å². The lowest BCUT2D eigenvalue weighted by Crippen LogP contribution is -2.40. The van der Waals surface area contributed by atoms with E-state index in [-0.39, 0.29) is 5.91 Å². The highest BCUT2D eigenvalue weighted by Gasteiger charge is 2.17. The minimum atomic E-state index is 0.179. The number of aromatic nitrogens is 3. The molecule has 0 saturated carbocycles. The summed E-state index contributed by atoms with van der Waals surface area (Å²) < 4.78 is 1.89. The summed E-state index contributed by atoms with van der Waals surface area (Å²) in [6, 6.07) is 6.24. The van der Waals surface area contributed by atoms with Crippen LogP contribution in [0.5, 0.6) is 0 Å². The van der Waals surface area contributed by atoms with Crippen molar-refractivity contribution in [3.05, 3.63) is 41.3 Å². The second kappa shape index (κ2) is 9.19. The molecule has 0 spiro atoms. The number of carbonyl (C=O) groups is 1. The Morgan fingerprint density at radius 1 is 1.04 bits per heavy atom. The molecule has 3 heterocycles. The zero-order valence-electron chi connectivity index (χ0n) is 17.6. The molecule has 0 aromatic carbocycles. The van der Waals surface area contributed by atoms with Crippen LogP contribution in [0.25, 0.3) is 0 Å². The van der Waals surface area contributed by atoms with Crippen LogP contribution in [-0.2, 0) is 24.8 Å². The zero-order valence-corrected chi connectivity index (χ0v) is 17.6. The van der Waals surface area contributed by atoms with E-state index in [9.17, 15) is 4.79 Å². The molecule has 28 heavy (non-hydrogen) atoms. The maximum atomic E-state index is 12.8. The Morgan fingerprint density at radius 2 is 1.82 bits per heavy atom. The molecule has 152 valence electrons. The van der Waals surface area contributed by atoms with Gasteiger partial charge in [0.05, 0.1) is 12.7 Å². The third-order valence-electron chi connectivity index (χ3n) is 5.59. The fourth-order valence-electron chi connectivity index (χ4n) is 3.55. The van der Waals surface area contributed by atoms with Gasteiger partial charge in [0.15, 0.2) is 0 Å². The first-order valence-corrected chi connectivity index (χ1v) is 10.0. The predicted octanol–water partition coefficient (Wildman–Crippen LogP) is 1.86. The predicted molar refractivity (Wildman–Crippen MR) is 111 cm³/mol. The number of amides is 1. The number of nitrogens with zero attached hydrogens (tertiary/aromatic N) is 6. The molecule has 2 aromatic rings. The summed E-state index contributed by atoms with van der Waals surface area (Å²) in [6.07, 6.45) is 4.72. The summed E-state index contributed by atoms with van der Waals surface area (Å²) >= 11 is 0. The minimum absolute atomic E-state index is 0.179. The second-order valence-electron chi connectivity index (χ2n) is 7.77. The summed E-state index contributed by atoms with van der Waals surface area (Å²) in [5, 5.41) is 4.35. The number of hydrogen-bond donors (Lipinski definition) is 0. The highest BCUT2D eigenvalue weighted by Crippen LogP contribution is 2.14. The van der Waals surface area contributed by atoms with Gasteiger partial charge in [-0.15, -0.1) is 0 Å². The standard InChI is InChI=1S/C21H32N6O/c1-17-18(14-22-26(17)4)15-27-13-6-9-19-8-5-10-20(23-19)24(2)11-7-12-25(3)21(28)16-27/h5,8,10,14H,6-7,9,11-13,15-16H2,1-4H3. The van der Waals surface area contributed by atoms with E-state index in [1.807, 2.05) is 29.9 Å². The quantitative estimate of drug-likeness (QED) is 0.791. The molecule has 2 bridgehead atoms. The van der Waals surface area contributed by atoms with Gasteiger partial charge in [-0.05, 0) is 44.9 Å². The first kappa shape index (κ1) is 20.3. The molecule has 7 nitrogen and oxygen atoms in total. The van der Waals surface area contributed by atoms with E-state index < -0.39 is 0 Å². The Hall–Kier alpha value is -2.41. The number of anilines is 1. The average molecular weight is 385 g/mol. The highest BCUT2D eigenvalue weighted by molar-refractivity contribution is 5.78. The normalized spacial score (nSPS) is 17.6. The summed E-state index contributed by atoms with van der Waals surface area (Å²) in [6.45, 7) is 5.75. The number of rotatable bonds is 2. The Kier molecular flexibility index (Phi) is 6.67. The number of pyridine rings is 1. The lowest BCUT2D eigenvalue weighted by Gasteiger charge is -2.27. The van der Waals surface area contributed by atoms with Crippen LogP contribution < -0.4 is 4.90 Å². The van der Waals surface area contributed by atoms with Crippen molar-refractivity contribution < 1.29 is 4.79 Å². The summed E-state index contributed by atoms with van der Waals surface area (Å²) in [5.41, 5.74) is 3.45. The Balaban J connectivity index is 1.76. The van der Waals surface area contributed by atoms with Gasteiger partial charge in [0.25, 0.3) is 0 Å². The number of fused-ring (bicyclic) bond motifs is 2. The summed E-state index contributed by atoms with van der Waals surface area (Å²) in [5.74, 6) is 1.18. The van der Waals surface area contributed by atoms with Crippen molar-refractivity contribution in [3.63, 3.8) is 0 Å². The van der Waals surface area contributed by atoms with Gasteiger partial charge in [-0.2, -0.15) is 5.10 Å². The Labute approximate surface area is 167 Å². The smallest absolute Gasteiger partial charge is 0.236 e. The van der Waals surface area contributed by atoms with E-state index in [4.69, 9.17) is 4.98 Å². The van der Waals surface area contributed by atoms with Crippen molar-refractivity contribution in [3.8, 4) is 0 Å².